The van der Waals surface area contributed by atoms with Gasteiger partial charge in [0.2, 0.25) is 0 Å². The van der Waals surface area contributed by atoms with Crippen LogP contribution in [-0.2, 0) is 11.3 Å². The van der Waals surface area contributed by atoms with E-state index in [-0.39, 0.29) is 6.04 Å². The molecule has 4 heteroatoms. The van der Waals surface area contributed by atoms with Crippen LogP contribution in [0.25, 0.3) is 0 Å². The van der Waals surface area contributed by atoms with Gasteiger partial charge in [0.05, 0.1) is 18.2 Å². The van der Waals surface area contributed by atoms with E-state index < -0.39 is 11.4 Å². The van der Waals surface area contributed by atoms with E-state index in [1.807, 2.05) is 42.5 Å². The van der Waals surface area contributed by atoms with Crippen LogP contribution in [-0.4, -0.2) is 11.1 Å². The molecule has 0 saturated carbocycles. The Morgan fingerprint density at radius 1 is 1.25 bits per heavy atom. The van der Waals surface area contributed by atoms with E-state index in [0.717, 1.165) is 11.3 Å². The van der Waals surface area contributed by atoms with E-state index in [1.54, 1.807) is 20.1 Å². The monoisotopic (exact) mass is 273 g/mol. The SMILES string of the molecule is CC(C)(C(=O)O)C(NCc1ccco1)c1ccccc1. The molecular formula is C16H19NO3. The van der Waals surface area contributed by atoms with Gasteiger partial charge in [0.1, 0.15) is 5.76 Å². The number of hydrogen-bond donors (Lipinski definition) is 2. The molecule has 0 bridgehead atoms. The van der Waals surface area contributed by atoms with Crippen LogP contribution >= 0.6 is 0 Å². The Kier molecular flexibility index (Phi) is 4.25. The van der Waals surface area contributed by atoms with E-state index in [0.29, 0.717) is 6.54 Å². The number of aliphatic carboxylic acids is 1. The largest absolute Gasteiger partial charge is 0.481 e. The second kappa shape index (κ2) is 5.92. The zero-order chi connectivity index (χ0) is 14.6. The van der Waals surface area contributed by atoms with Crippen LogP contribution in [0.3, 0.4) is 0 Å². The topological polar surface area (TPSA) is 62.5 Å². The smallest absolute Gasteiger partial charge is 0.311 e. The average molecular weight is 273 g/mol. The maximum Gasteiger partial charge on any atom is 0.311 e. The summed E-state index contributed by atoms with van der Waals surface area (Å²) in [4.78, 5) is 11.5. The first-order valence-electron chi connectivity index (χ1n) is 6.56. The second-order valence-corrected chi connectivity index (χ2v) is 5.33. The van der Waals surface area contributed by atoms with Gasteiger partial charge in [-0.15, -0.1) is 0 Å². The first kappa shape index (κ1) is 14.3. The Morgan fingerprint density at radius 3 is 2.50 bits per heavy atom. The molecule has 0 spiro atoms. The lowest BCUT2D eigenvalue weighted by Gasteiger charge is -2.31. The van der Waals surface area contributed by atoms with Crippen molar-refractivity contribution >= 4 is 5.97 Å². The number of carboxylic acids is 1. The number of rotatable bonds is 6. The highest BCUT2D eigenvalue weighted by Crippen LogP contribution is 2.33. The number of nitrogens with one attached hydrogen (secondary N) is 1. The number of furan rings is 1. The van der Waals surface area contributed by atoms with Crippen molar-refractivity contribution in [3.05, 3.63) is 60.1 Å². The maximum absolute atomic E-state index is 11.5. The summed E-state index contributed by atoms with van der Waals surface area (Å²) in [5, 5.41) is 12.8. The lowest BCUT2D eigenvalue weighted by Crippen LogP contribution is -2.39. The second-order valence-electron chi connectivity index (χ2n) is 5.33. The highest BCUT2D eigenvalue weighted by molar-refractivity contribution is 5.75. The average Bonchev–Trinajstić information content (AvgIpc) is 2.93. The van der Waals surface area contributed by atoms with Gasteiger partial charge in [-0.05, 0) is 31.5 Å². The standard InChI is InChI=1S/C16H19NO3/c1-16(2,15(18)19)14(12-7-4-3-5-8-12)17-11-13-9-6-10-20-13/h3-10,14,17H,11H2,1-2H3,(H,18,19). The van der Waals surface area contributed by atoms with E-state index in [1.165, 1.54) is 0 Å². The van der Waals surface area contributed by atoms with E-state index >= 15 is 0 Å². The van der Waals surface area contributed by atoms with Crippen molar-refractivity contribution in [2.75, 3.05) is 0 Å². The number of carboxylic acid groups (broad SMARTS) is 1. The third-order valence-corrected chi connectivity index (χ3v) is 3.47. The summed E-state index contributed by atoms with van der Waals surface area (Å²) in [6.07, 6.45) is 1.61. The lowest BCUT2D eigenvalue weighted by atomic mass is 9.80. The van der Waals surface area contributed by atoms with Gasteiger partial charge < -0.3 is 14.8 Å². The lowest BCUT2D eigenvalue weighted by molar-refractivity contribution is -0.148. The van der Waals surface area contributed by atoms with Gasteiger partial charge in [-0.25, -0.2) is 0 Å². The van der Waals surface area contributed by atoms with Gasteiger partial charge in [-0.2, -0.15) is 0 Å². The summed E-state index contributed by atoms with van der Waals surface area (Å²) >= 11 is 0. The van der Waals surface area contributed by atoms with Crippen LogP contribution in [0, 0.1) is 5.41 Å². The molecule has 4 nitrogen and oxygen atoms in total. The molecule has 0 radical (unpaired) electrons. The maximum atomic E-state index is 11.5. The third-order valence-electron chi connectivity index (χ3n) is 3.47. The van der Waals surface area contributed by atoms with Crippen LogP contribution < -0.4 is 5.32 Å². The minimum Gasteiger partial charge on any atom is -0.481 e. The molecule has 20 heavy (non-hydrogen) atoms. The van der Waals surface area contributed by atoms with Crippen molar-refractivity contribution in [3.63, 3.8) is 0 Å². The minimum absolute atomic E-state index is 0.300. The highest BCUT2D eigenvalue weighted by Gasteiger charge is 2.37. The molecule has 0 aliphatic rings. The molecule has 2 rings (SSSR count). The van der Waals surface area contributed by atoms with Crippen LogP contribution in [0.1, 0.15) is 31.2 Å². The summed E-state index contributed by atoms with van der Waals surface area (Å²) in [6.45, 7) is 3.94. The normalized spacial score (nSPS) is 13.1. The molecule has 106 valence electrons. The minimum atomic E-state index is -0.923. The van der Waals surface area contributed by atoms with Crippen molar-refractivity contribution < 1.29 is 14.3 Å². The fourth-order valence-electron chi connectivity index (χ4n) is 2.17. The number of hydrogen-bond acceptors (Lipinski definition) is 3. The predicted molar refractivity (Wildman–Crippen MR) is 76.1 cm³/mol. The third kappa shape index (κ3) is 3.08. The summed E-state index contributed by atoms with van der Waals surface area (Å²) in [5.74, 6) is -0.0505. The van der Waals surface area contributed by atoms with Gasteiger partial charge in [-0.1, -0.05) is 30.3 Å². The first-order valence-corrected chi connectivity index (χ1v) is 6.56. The Balaban J connectivity index is 2.23. The van der Waals surface area contributed by atoms with Crippen molar-refractivity contribution in [3.8, 4) is 0 Å². The van der Waals surface area contributed by atoms with Crippen LogP contribution in [0.2, 0.25) is 0 Å². The first-order chi connectivity index (χ1) is 9.51. The summed E-state index contributed by atoms with van der Waals surface area (Å²) in [5.41, 5.74) is 0.0277. The molecule has 0 aliphatic heterocycles. The van der Waals surface area contributed by atoms with Gasteiger partial charge in [0.15, 0.2) is 0 Å². The molecule has 1 atom stereocenters. The zero-order valence-corrected chi connectivity index (χ0v) is 11.7. The van der Waals surface area contributed by atoms with Gasteiger partial charge in [0, 0.05) is 6.04 Å². The number of carbonyl (C=O) groups is 1. The highest BCUT2D eigenvalue weighted by atomic mass is 16.4. The molecule has 0 aliphatic carbocycles. The number of benzene rings is 1. The quantitative estimate of drug-likeness (QED) is 0.848. The Morgan fingerprint density at radius 2 is 1.95 bits per heavy atom. The zero-order valence-electron chi connectivity index (χ0n) is 11.7. The van der Waals surface area contributed by atoms with Gasteiger partial charge in [-0.3, -0.25) is 4.79 Å². The summed E-state index contributed by atoms with van der Waals surface area (Å²) in [6, 6.07) is 13.0. The molecule has 1 heterocycles. The van der Waals surface area contributed by atoms with E-state index in [9.17, 15) is 9.90 Å². The molecule has 1 aromatic carbocycles. The molecule has 0 saturated heterocycles. The van der Waals surface area contributed by atoms with E-state index in [2.05, 4.69) is 5.32 Å². The van der Waals surface area contributed by atoms with Crippen molar-refractivity contribution in [2.24, 2.45) is 5.41 Å². The van der Waals surface area contributed by atoms with Gasteiger partial charge >= 0.3 is 5.97 Å². The van der Waals surface area contributed by atoms with Crippen molar-refractivity contribution in [1.29, 1.82) is 0 Å². The van der Waals surface area contributed by atoms with Crippen molar-refractivity contribution in [1.82, 2.24) is 5.32 Å². The summed E-state index contributed by atoms with van der Waals surface area (Å²) < 4.78 is 5.28. The van der Waals surface area contributed by atoms with Crippen LogP contribution in [0.4, 0.5) is 0 Å². The Hall–Kier alpha value is -2.07. The van der Waals surface area contributed by atoms with Crippen LogP contribution in [0.5, 0.6) is 0 Å². The van der Waals surface area contributed by atoms with E-state index in [4.69, 9.17) is 4.42 Å². The molecule has 2 N–H and O–H groups in total. The Bertz CT molecular complexity index is 546. The summed E-state index contributed by atoms with van der Waals surface area (Å²) in [7, 11) is 0. The molecule has 2 aromatic rings. The molecule has 0 amide bonds. The van der Waals surface area contributed by atoms with Gasteiger partial charge in [0.25, 0.3) is 0 Å². The fourth-order valence-corrected chi connectivity index (χ4v) is 2.17. The fraction of sp³-hybridized carbons (Fsp3) is 0.312. The molecule has 1 aromatic heterocycles. The molecular weight excluding hydrogens is 254 g/mol. The molecule has 0 fully saturated rings. The molecule has 1 unspecified atom stereocenters. The Labute approximate surface area is 118 Å². The van der Waals surface area contributed by atoms with Crippen molar-refractivity contribution in [2.45, 2.75) is 26.4 Å². The predicted octanol–water partition coefficient (Wildman–Crippen LogP) is 3.22. The van der Waals surface area contributed by atoms with Crippen LogP contribution in [0.15, 0.2) is 53.1 Å².